The summed E-state index contributed by atoms with van der Waals surface area (Å²) in [6, 6.07) is 3.92. The summed E-state index contributed by atoms with van der Waals surface area (Å²) in [5.41, 5.74) is 1.95. The first-order valence-electron chi connectivity index (χ1n) is 8.50. The number of anilines is 1. The second kappa shape index (κ2) is 8.55. The Morgan fingerprint density at radius 3 is 3.08 bits per heavy atom. The summed E-state index contributed by atoms with van der Waals surface area (Å²) >= 11 is 2.96. The molecule has 0 saturated carbocycles. The van der Waals surface area contributed by atoms with Gasteiger partial charge < -0.3 is 9.47 Å². The molecule has 0 spiro atoms. The number of ether oxygens (including phenoxy) is 2. The van der Waals surface area contributed by atoms with Gasteiger partial charge in [0, 0.05) is 23.6 Å². The van der Waals surface area contributed by atoms with Crippen molar-refractivity contribution in [3.63, 3.8) is 0 Å². The minimum Gasteiger partial charge on any atom is -0.493 e. The Balaban J connectivity index is 1.72. The Morgan fingerprint density at radius 2 is 2.31 bits per heavy atom. The van der Waals surface area contributed by atoms with Gasteiger partial charge in [-0.05, 0) is 37.8 Å². The topological polar surface area (TPSA) is 73.3 Å². The number of nitrogens with one attached hydrogen (secondary N) is 1. The molecule has 1 N–H and O–H groups in total. The van der Waals surface area contributed by atoms with Gasteiger partial charge in [0.15, 0.2) is 4.34 Å². The van der Waals surface area contributed by atoms with Crippen molar-refractivity contribution in [1.82, 2.24) is 10.2 Å². The molecule has 0 radical (unpaired) electrons. The normalized spacial score (nSPS) is 15.7. The van der Waals surface area contributed by atoms with Gasteiger partial charge >= 0.3 is 0 Å². The van der Waals surface area contributed by atoms with Gasteiger partial charge in [0.25, 0.3) is 0 Å². The lowest BCUT2D eigenvalue weighted by Gasteiger charge is -2.10. The number of rotatable bonds is 7. The summed E-state index contributed by atoms with van der Waals surface area (Å²) in [6.07, 6.45) is 4.23. The second-order valence-electron chi connectivity index (χ2n) is 5.69. The molecule has 26 heavy (non-hydrogen) atoms. The highest BCUT2D eigenvalue weighted by Gasteiger charge is 2.21. The van der Waals surface area contributed by atoms with Crippen molar-refractivity contribution < 1.29 is 14.3 Å². The van der Waals surface area contributed by atoms with E-state index in [4.69, 9.17) is 9.47 Å². The Labute approximate surface area is 161 Å². The van der Waals surface area contributed by atoms with Gasteiger partial charge in [-0.3, -0.25) is 10.1 Å². The van der Waals surface area contributed by atoms with Crippen LogP contribution in [0, 0.1) is 0 Å². The molecule has 138 valence electrons. The average Bonchev–Trinajstić information content (AvgIpc) is 3.18. The van der Waals surface area contributed by atoms with Crippen LogP contribution in [0.15, 0.2) is 22.5 Å². The molecule has 0 unspecified atom stereocenters. The van der Waals surface area contributed by atoms with Gasteiger partial charge in [-0.15, -0.1) is 10.2 Å². The van der Waals surface area contributed by atoms with Gasteiger partial charge in [0.2, 0.25) is 11.0 Å². The van der Waals surface area contributed by atoms with Crippen LogP contribution in [0.25, 0.3) is 6.08 Å². The van der Waals surface area contributed by atoms with Gasteiger partial charge in [-0.1, -0.05) is 30.0 Å². The summed E-state index contributed by atoms with van der Waals surface area (Å²) in [7, 11) is 0. The van der Waals surface area contributed by atoms with E-state index in [1.54, 1.807) is 17.8 Å². The summed E-state index contributed by atoms with van der Waals surface area (Å²) in [5, 5.41) is 11.2. The lowest BCUT2D eigenvalue weighted by molar-refractivity contribution is -0.111. The van der Waals surface area contributed by atoms with E-state index in [0.717, 1.165) is 39.1 Å². The summed E-state index contributed by atoms with van der Waals surface area (Å²) in [5.74, 6) is 2.27. The fraction of sp³-hybridized carbons (Fsp3) is 0.389. The maximum atomic E-state index is 12.2. The van der Waals surface area contributed by atoms with Gasteiger partial charge in [-0.2, -0.15) is 0 Å². The van der Waals surface area contributed by atoms with Crippen LogP contribution in [0.2, 0.25) is 0 Å². The number of carbonyl (C=O) groups excluding carboxylic acids is 1. The van der Waals surface area contributed by atoms with Gasteiger partial charge in [0.1, 0.15) is 17.6 Å². The number of carbonyl (C=O) groups is 1. The smallest absolute Gasteiger partial charge is 0.250 e. The van der Waals surface area contributed by atoms with Crippen LogP contribution in [0.1, 0.15) is 31.9 Å². The van der Waals surface area contributed by atoms with Crippen LogP contribution in [0.5, 0.6) is 11.5 Å². The van der Waals surface area contributed by atoms with Crippen molar-refractivity contribution in [3.05, 3.63) is 29.3 Å². The average molecular weight is 392 g/mol. The minimum atomic E-state index is -0.258. The molecule has 3 rings (SSSR count). The third kappa shape index (κ3) is 4.56. The standard InChI is InChI=1S/C18H21N3O3S2/c1-4-23-14-10-13-8-11(3)24-15(13)9-12(14)6-7-16(22)19-17-20-21-18(26-17)25-5-2/h6-7,9-11H,4-5,8H2,1-3H3,(H,19,20,22)/b7-6+/t11-/m1/s1. The second-order valence-corrected chi connectivity index (χ2v) is 8.18. The van der Waals surface area contributed by atoms with Crippen molar-refractivity contribution in [2.75, 3.05) is 17.7 Å². The molecule has 0 fully saturated rings. The van der Waals surface area contributed by atoms with E-state index < -0.39 is 0 Å². The molecule has 1 atom stereocenters. The highest BCUT2D eigenvalue weighted by molar-refractivity contribution is 8.01. The number of nitrogens with zero attached hydrogens (tertiary/aromatic N) is 2. The molecule has 1 aromatic heterocycles. The van der Waals surface area contributed by atoms with Crippen LogP contribution < -0.4 is 14.8 Å². The van der Waals surface area contributed by atoms with E-state index in [0.29, 0.717) is 11.7 Å². The summed E-state index contributed by atoms with van der Waals surface area (Å²) < 4.78 is 12.4. The fourth-order valence-corrected chi connectivity index (χ4v) is 4.27. The van der Waals surface area contributed by atoms with Crippen LogP contribution in [0.3, 0.4) is 0 Å². The number of fused-ring (bicyclic) bond motifs is 1. The third-order valence-corrected chi connectivity index (χ3v) is 5.50. The minimum absolute atomic E-state index is 0.162. The van der Waals surface area contributed by atoms with Crippen molar-refractivity contribution in [3.8, 4) is 11.5 Å². The van der Waals surface area contributed by atoms with Crippen LogP contribution in [-0.4, -0.2) is 34.6 Å². The van der Waals surface area contributed by atoms with Crippen LogP contribution >= 0.6 is 23.1 Å². The van der Waals surface area contributed by atoms with E-state index in [2.05, 4.69) is 15.5 Å². The lowest BCUT2D eigenvalue weighted by atomic mass is 10.1. The molecule has 2 aromatic rings. The van der Waals surface area contributed by atoms with Crippen LogP contribution in [0.4, 0.5) is 5.13 Å². The summed E-state index contributed by atoms with van der Waals surface area (Å²) in [6.45, 7) is 6.58. The Hall–Kier alpha value is -2.06. The molecule has 0 aliphatic carbocycles. The zero-order chi connectivity index (χ0) is 18.5. The zero-order valence-corrected chi connectivity index (χ0v) is 16.6. The molecular formula is C18H21N3O3S2. The molecule has 6 nitrogen and oxygen atoms in total. The summed E-state index contributed by atoms with van der Waals surface area (Å²) in [4.78, 5) is 12.2. The third-order valence-electron chi connectivity index (χ3n) is 3.65. The quantitative estimate of drug-likeness (QED) is 0.436. The van der Waals surface area contributed by atoms with E-state index in [9.17, 15) is 4.79 Å². The molecule has 8 heteroatoms. The first-order chi connectivity index (χ1) is 12.6. The molecule has 1 aliphatic heterocycles. The molecule has 2 heterocycles. The molecule has 1 aromatic carbocycles. The number of benzene rings is 1. The SMILES string of the molecule is CCOc1cc2c(cc1/C=C/C(=O)Nc1nnc(SCC)s1)O[C@H](C)C2. The molecular weight excluding hydrogens is 370 g/mol. The highest BCUT2D eigenvalue weighted by Crippen LogP contribution is 2.35. The molecule has 1 aliphatic rings. The molecule has 0 bridgehead atoms. The fourth-order valence-electron chi connectivity index (χ4n) is 2.62. The number of hydrogen-bond donors (Lipinski definition) is 1. The zero-order valence-electron chi connectivity index (χ0n) is 14.9. The number of amides is 1. The molecule has 1 amide bonds. The van der Waals surface area contributed by atoms with Gasteiger partial charge in [-0.25, -0.2) is 0 Å². The van der Waals surface area contributed by atoms with Crippen molar-refractivity contribution in [2.45, 2.75) is 37.6 Å². The maximum Gasteiger partial charge on any atom is 0.250 e. The Morgan fingerprint density at radius 1 is 1.46 bits per heavy atom. The first-order valence-corrected chi connectivity index (χ1v) is 10.3. The van der Waals surface area contributed by atoms with Crippen molar-refractivity contribution >= 4 is 40.2 Å². The maximum absolute atomic E-state index is 12.2. The first kappa shape index (κ1) is 18.7. The van der Waals surface area contributed by atoms with E-state index in [1.165, 1.54) is 17.4 Å². The Bertz CT molecular complexity index is 820. The van der Waals surface area contributed by atoms with Crippen LogP contribution in [-0.2, 0) is 11.2 Å². The number of thioether (sulfide) groups is 1. The molecule has 0 saturated heterocycles. The Kier molecular flexibility index (Phi) is 6.16. The highest BCUT2D eigenvalue weighted by atomic mass is 32.2. The number of aromatic nitrogens is 2. The predicted molar refractivity (Wildman–Crippen MR) is 105 cm³/mol. The van der Waals surface area contributed by atoms with E-state index in [-0.39, 0.29) is 12.0 Å². The number of hydrogen-bond acceptors (Lipinski definition) is 7. The van der Waals surface area contributed by atoms with Crippen molar-refractivity contribution in [2.24, 2.45) is 0 Å². The van der Waals surface area contributed by atoms with Gasteiger partial charge in [0.05, 0.1) is 6.61 Å². The predicted octanol–water partition coefficient (Wildman–Crippen LogP) is 4.02. The van der Waals surface area contributed by atoms with E-state index in [1.807, 2.05) is 32.9 Å². The van der Waals surface area contributed by atoms with Crippen molar-refractivity contribution in [1.29, 1.82) is 0 Å². The largest absolute Gasteiger partial charge is 0.493 e. The van der Waals surface area contributed by atoms with E-state index >= 15 is 0 Å². The monoisotopic (exact) mass is 391 g/mol. The lowest BCUT2D eigenvalue weighted by Crippen LogP contribution is -2.07.